The van der Waals surface area contributed by atoms with Crippen molar-refractivity contribution in [2.24, 2.45) is 0 Å². The minimum atomic E-state index is -0.227. The molecule has 2 aromatic carbocycles. The normalized spacial score (nSPS) is 12.0. The number of amides is 1. The van der Waals surface area contributed by atoms with Crippen molar-refractivity contribution in [3.05, 3.63) is 64.9 Å². The van der Waals surface area contributed by atoms with E-state index < -0.39 is 0 Å². The molecule has 0 aliphatic rings. The van der Waals surface area contributed by atoms with Crippen LogP contribution in [0, 0.1) is 5.82 Å². The zero-order chi connectivity index (χ0) is 16.7. The molecule has 0 aliphatic heterocycles. The minimum Gasteiger partial charge on any atom is -0.355 e. The first kappa shape index (κ1) is 17.8. The zero-order valence-corrected chi connectivity index (χ0v) is 14.5. The van der Waals surface area contributed by atoms with E-state index >= 15 is 0 Å². The Morgan fingerprint density at radius 3 is 2.48 bits per heavy atom. The molecular weight excluding hydrogens is 333 g/mol. The number of rotatable bonds is 7. The standard InChI is InChI=1S/C18H19ClFNOS/c1-13(23-17-10-6-15(19)7-11-17)18(22)21-12-2-3-14-4-8-16(20)9-5-14/h4-11,13H,2-3,12H2,1H3,(H,21,22)/t13-/m1/s1. The van der Waals surface area contributed by atoms with E-state index in [4.69, 9.17) is 11.6 Å². The maximum Gasteiger partial charge on any atom is 0.233 e. The second-order valence-electron chi connectivity index (χ2n) is 5.24. The fourth-order valence-electron chi connectivity index (χ4n) is 2.07. The molecule has 1 amide bonds. The van der Waals surface area contributed by atoms with Crippen LogP contribution in [0.5, 0.6) is 0 Å². The summed E-state index contributed by atoms with van der Waals surface area (Å²) in [6.07, 6.45) is 1.65. The van der Waals surface area contributed by atoms with Crippen LogP contribution in [-0.4, -0.2) is 17.7 Å². The monoisotopic (exact) mass is 351 g/mol. The second kappa shape index (κ2) is 8.94. The lowest BCUT2D eigenvalue weighted by Gasteiger charge is -2.12. The smallest absolute Gasteiger partial charge is 0.233 e. The predicted molar refractivity (Wildman–Crippen MR) is 94.5 cm³/mol. The maximum atomic E-state index is 12.8. The van der Waals surface area contributed by atoms with Gasteiger partial charge in [-0.1, -0.05) is 23.7 Å². The topological polar surface area (TPSA) is 29.1 Å². The van der Waals surface area contributed by atoms with Crippen LogP contribution in [0.3, 0.4) is 0 Å². The van der Waals surface area contributed by atoms with Crippen molar-refractivity contribution in [2.75, 3.05) is 6.54 Å². The van der Waals surface area contributed by atoms with Crippen LogP contribution < -0.4 is 5.32 Å². The number of hydrogen-bond donors (Lipinski definition) is 1. The summed E-state index contributed by atoms with van der Waals surface area (Å²) in [6.45, 7) is 2.50. The highest BCUT2D eigenvalue weighted by Crippen LogP contribution is 2.24. The summed E-state index contributed by atoms with van der Waals surface area (Å²) in [4.78, 5) is 13.1. The fourth-order valence-corrected chi connectivity index (χ4v) is 3.09. The molecular formula is C18H19ClFNOS. The van der Waals surface area contributed by atoms with Crippen LogP contribution in [0.4, 0.5) is 4.39 Å². The summed E-state index contributed by atoms with van der Waals surface area (Å²) in [5.74, 6) is -0.209. The Kier molecular flexibility index (Phi) is 6.93. The Morgan fingerprint density at radius 2 is 1.83 bits per heavy atom. The van der Waals surface area contributed by atoms with Gasteiger partial charge < -0.3 is 5.32 Å². The van der Waals surface area contributed by atoms with Gasteiger partial charge in [0, 0.05) is 16.5 Å². The number of aryl methyl sites for hydroxylation is 1. The first-order chi connectivity index (χ1) is 11.0. The van der Waals surface area contributed by atoms with Crippen LogP contribution in [0.25, 0.3) is 0 Å². The van der Waals surface area contributed by atoms with Crippen molar-refractivity contribution >= 4 is 29.3 Å². The number of thioether (sulfide) groups is 1. The average molecular weight is 352 g/mol. The van der Waals surface area contributed by atoms with E-state index in [9.17, 15) is 9.18 Å². The molecule has 0 saturated carbocycles. The number of nitrogens with one attached hydrogen (secondary N) is 1. The molecule has 0 bridgehead atoms. The molecule has 1 N–H and O–H groups in total. The molecule has 2 nitrogen and oxygen atoms in total. The van der Waals surface area contributed by atoms with E-state index in [1.165, 1.54) is 23.9 Å². The van der Waals surface area contributed by atoms with E-state index in [0.717, 1.165) is 23.3 Å². The Hall–Kier alpha value is -1.52. The summed E-state index contributed by atoms with van der Waals surface area (Å²) in [5.41, 5.74) is 1.07. The lowest BCUT2D eigenvalue weighted by Crippen LogP contribution is -2.31. The Balaban J connectivity index is 1.69. The second-order valence-corrected chi connectivity index (χ2v) is 7.09. The van der Waals surface area contributed by atoms with Gasteiger partial charge in [0.15, 0.2) is 0 Å². The molecule has 0 radical (unpaired) electrons. The number of carbonyl (C=O) groups is 1. The molecule has 2 rings (SSSR count). The van der Waals surface area contributed by atoms with Crippen LogP contribution in [0.15, 0.2) is 53.4 Å². The molecule has 0 spiro atoms. The average Bonchev–Trinajstić information content (AvgIpc) is 2.55. The van der Waals surface area contributed by atoms with Gasteiger partial charge in [-0.25, -0.2) is 4.39 Å². The molecule has 0 aromatic heterocycles. The Labute approximate surface area is 145 Å². The lowest BCUT2D eigenvalue weighted by atomic mass is 10.1. The number of carbonyl (C=O) groups excluding carboxylic acids is 1. The number of hydrogen-bond acceptors (Lipinski definition) is 2. The summed E-state index contributed by atoms with van der Waals surface area (Å²) in [7, 11) is 0. The van der Waals surface area contributed by atoms with Gasteiger partial charge in [-0.3, -0.25) is 4.79 Å². The molecule has 0 fully saturated rings. The Bertz CT molecular complexity index is 630. The highest BCUT2D eigenvalue weighted by molar-refractivity contribution is 8.00. The predicted octanol–water partition coefficient (Wildman–Crippen LogP) is 4.71. The summed E-state index contributed by atoms with van der Waals surface area (Å²) < 4.78 is 12.8. The highest BCUT2D eigenvalue weighted by atomic mass is 35.5. The van der Waals surface area contributed by atoms with Crippen LogP contribution in [-0.2, 0) is 11.2 Å². The van der Waals surface area contributed by atoms with E-state index in [1.807, 2.05) is 31.2 Å². The molecule has 2 aromatic rings. The van der Waals surface area contributed by atoms with Gasteiger partial charge in [-0.05, 0) is 61.7 Å². The van der Waals surface area contributed by atoms with Crippen molar-refractivity contribution in [2.45, 2.75) is 29.9 Å². The molecule has 0 aliphatic carbocycles. The summed E-state index contributed by atoms with van der Waals surface area (Å²) >= 11 is 7.35. The van der Waals surface area contributed by atoms with Gasteiger partial charge >= 0.3 is 0 Å². The van der Waals surface area contributed by atoms with Gasteiger partial charge in [-0.15, -0.1) is 11.8 Å². The van der Waals surface area contributed by atoms with Crippen molar-refractivity contribution in [3.63, 3.8) is 0 Å². The SMILES string of the molecule is C[C@@H](Sc1ccc(Cl)cc1)C(=O)NCCCc1ccc(F)cc1. The first-order valence-electron chi connectivity index (χ1n) is 7.49. The third kappa shape index (κ3) is 6.24. The van der Waals surface area contributed by atoms with Crippen molar-refractivity contribution < 1.29 is 9.18 Å². The summed E-state index contributed by atoms with van der Waals surface area (Å²) in [5, 5.41) is 3.46. The molecule has 23 heavy (non-hydrogen) atoms. The molecule has 1 atom stereocenters. The third-order valence-corrected chi connectivity index (χ3v) is 4.71. The van der Waals surface area contributed by atoms with Crippen LogP contribution in [0.1, 0.15) is 18.9 Å². The largest absolute Gasteiger partial charge is 0.355 e. The molecule has 0 unspecified atom stereocenters. The lowest BCUT2D eigenvalue weighted by molar-refractivity contribution is -0.120. The third-order valence-electron chi connectivity index (χ3n) is 3.35. The van der Waals surface area contributed by atoms with E-state index in [0.29, 0.717) is 11.6 Å². The van der Waals surface area contributed by atoms with Crippen molar-refractivity contribution in [3.8, 4) is 0 Å². The van der Waals surface area contributed by atoms with E-state index in [1.54, 1.807) is 12.1 Å². The minimum absolute atomic E-state index is 0.0176. The quantitative estimate of drug-likeness (QED) is 0.578. The highest BCUT2D eigenvalue weighted by Gasteiger charge is 2.13. The number of halogens is 2. The van der Waals surface area contributed by atoms with E-state index in [2.05, 4.69) is 5.32 Å². The molecule has 122 valence electrons. The number of benzene rings is 2. The maximum absolute atomic E-state index is 12.8. The van der Waals surface area contributed by atoms with Crippen molar-refractivity contribution in [1.82, 2.24) is 5.32 Å². The van der Waals surface area contributed by atoms with Gasteiger partial charge in [0.2, 0.25) is 5.91 Å². The summed E-state index contributed by atoms with van der Waals surface area (Å²) in [6, 6.07) is 13.9. The molecule has 0 heterocycles. The van der Waals surface area contributed by atoms with Gasteiger partial charge in [0.1, 0.15) is 5.82 Å². The molecule has 0 saturated heterocycles. The fraction of sp³-hybridized carbons (Fsp3) is 0.278. The van der Waals surface area contributed by atoms with E-state index in [-0.39, 0.29) is 17.0 Å². The van der Waals surface area contributed by atoms with Gasteiger partial charge in [0.05, 0.1) is 5.25 Å². The van der Waals surface area contributed by atoms with Crippen LogP contribution in [0.2, 0.25) is 5.02 Å². The molecule has 5 heteroatoms. The van der Waals surface area contributed by atoms with Crippen molar-refractivity contribution in [1.29, 1.82) is 0 Å². The van der Waals surface area contributed by atoms with Crippen LogP contribution >= 0.6 is 23.4 Å². The zero-order valence-electron chi connectivity index (χ0n) is 12.9. The first-order valence-corrected chi connectivity index (χ1v) is 8.75. The van der Waals surface area contributed by atoms with Gasteiger partial charge in [-0.2, -0.15) is 0 Å². The Morgan fingerprint density at radius 1 is 1.17 bits per heavy atom. The van der Waals surface area contributed by atoms with Gasteiger partial charge in [0.25, 0.3) is 0 Å².